The fourth-order valence-corrected chi connectivity index (χ4v) is 7.19. The summed E-state index contributed by atoms with van der Waals surface area (Å²) in [6.07, 6.45) is 8.01. The highest BCUT2D eigenvalue weighted by molar-refractivity contribution is 6.04. The third kappa shape index (κ3) is 6.83. The molecule has 2 saturated heterocycles. The number of Topliss-reactive ketones (excluding diaryl/α,β-unsaturated/α-hetero) is 2. The van der Waals surface area contributed by atoms with E-state index in [9.17, 15) is 14.7 Å². The number of carbonyl (C=O) groups excluding carboxylic acids is 2. The Balaban J connectivity index is 1.63. The fraction of sp³-hybridized carbons (Fsp3) is 0.474. The summed E-state index contributed by atoms with van der Waals surface area (Å²) in [6, 6.07) is 14.6. The molecule has 0 radical (unpaired) electrons. The molecule has 2 atom stereocenters. The van der Waals surface area contributed by atoms with Crippen LogP contribution in [0.4, 0.5) is 0 Å². The molecule has 0 aromatic heterocycles. The van der Waals surface area contributed by atoms with Crippen molar-refractivity contribution in [1.29, 1.82) is 0 Å². The Morgan fingerprint density at radius 1 is 0.667 bits per heavy atom. The molecule has 0 spiro atoms. The smallest absolute Gasteiger partial charge is 0.183 e. The monoisotopic (exact) mass is 614 g/mol. The Morgan fingerprint density at radius 2 is 1.00 bits per heavy atom. The molecule has 0 amide bonds. The van der Waals surface area contributed by atoms with Crippen molar-refractivity contribution in [3.63, 3.8) is 0 Å². The van der Waals surface area contributed by atoms with Gasteiger partial charge in [-0.2, -0.15) is 0 Å². The van der Waals surface area contributed by atoms with Crippen LogP contribution in [0.3, 0.4) is 0 Å². The van der Waals surface area contributed by atoms with Gasteiger partial charge in [-0.3, -0.25) is 19.4 Å². The summed E-state index contributed by atoms with van der Waals surface area (Å²) in [4.78, 5) is 32.6. The maximum absolute atomic E-state index is 14.1. The highest BCUT2D eigenvalue weighted by atomic mass is 16.5. The van der Waals surface area contributed by atoms with E-state index in [1.807, 2.05) is 74.5 Å². The van der Waals surface area contributed by atoms with Crippen molar-refractivity contribution >= 4 is 11.6 Å². The second-order valence-electron chi connectivity index (χ2n) is 12.1. The molecule has 2 aliphatic rings. The number of ether oxygens (including phenoxy) is 2. The lowest BCUT2D eigenvalue weighted by Crippen LogP contribution is -2.57. The first-order valence-corrected chi connectivity index (χ1v) is 16.3. The Hall–Kier alpha value is -3.20. The van der Waals surface area contributed by atoms with Crippen LogP contribution in [0.15, 0.2) is 86.5 Å². The van der Waals surface area contributed by atoms with Crippen molar-refractivity contribution in [2.45, 2.75) is 62.6 Å². The molecule has 242 valence electrons. The molecule has 7 nitrogen and oxygen atoms in total. The first-order chi connectivity index (χ1) is 21.8. The minimum Gasteiger partial charge on any atom is -0.380 e. The molecule has 2 unspecified atom stereocenters. The third-order valence-electron chi connectivity index (χ3n) is 9.90. The fourth-order valence-electron chi connectivity index (χ4n) is 7.19. The molecule has 2 fully saturated rings. The molecule has 2 aliphatic heterocycles. The number of carbonyl (C=O) groups is 2. The molecular formula is C38H50N2O5. The Kier molecular flexibility index (Phi) is 11.9. The number of aliphatic hydroxyl groups is 1. The van der Waals surface area contributed by atoms with Gasteiger partial charge >= 0.3 is 0 Å². The van der Waals surface area contributed by atoms with Gasteiger partial charge in [-0.15, -0.1) is 19.7 Å². The van der Waals surface area contributed by atoms with E-state index in [1.165, 1.54) is 0 Å². The standard InChI is InChI=1S/C38H50N2O5/c1-6-19-36(9-4,39-22-26-44-27-23-39)34(41)30-11-15-32(16-12-30)38(43,21-8-3)33-17-13-31(14-18-33)35(42)37(10-5,20-7-2)40-24-28-45-29-25-40/h6-8,11-18,43H,1-3,9-10,19-29H2,4-5H3. The second-order valence-corrected chi connectivity index (χ2v) is 12.1. The topological polar surface area (TPSA) is 79.3 Å². The highest BCUT2D eigenvalue weighted by Gasteiger charge is 2.44. The minimum atomic E-state index is -1.38. The van der Waals surface area contributed by atoms with E-state index in [-0.39, 0.29) is 18.0 Å². The summed E-state index contributed by atoms with van der Waals surface area (Å²) in [5.74, 6) is 0.0975. The molecule has 0 aliphatic carbocycles. The largest absolute Gasteiger partial charge is 0.380 e. The molecule has 0 saturated carbocycles. The molecule has 4 rings (SSSR count). The van der Waals surface area contributed by atoms with Gasteiger partial charge in [0.15, 0.2) is 11.6 Å². The Bertz CT molecular complexity index is 1230. The van der Waals surface area contributed by atoms with Gasteiger partial charge in [0.05, 0.1) is 37.5 Å². The molecule has 2 aromatic rings. The van der Waals surface area contributed by atoms with Crippen LogP contribution in [0.2, 0.25) is 0 Å². The number of ketones is 2. The van der Waals surface area contributed by atoms with Crippen molar-refractivity contribution in [1.82, 2.24) is 9.80 Å². The van der Waals surface area contributed by atoms with Crippen LogP contribution >= 0.6 is 0 Å². The SMILES string of the molecule is C=CCC(O)(c1ccc(C(=O)C(CC)(CC=C)N2CCOCC2)cc1)c1ccc(C(=O)C(CC)(CC=C)N2CCOCC2)cc1. The second kappa shape index (κ2) is 15.4. The summed E-state index contributed by atoms with van der Waals surface area (Å²) in [7, 11) is 0. The van der Waals surface area contributed by atoms with Gasteiger partial charge in [0.1, 0.15) is 5.60 Å². The molecule has 2 aromatic carbocycles. The quantitative estimate of drug-likeness (QED) is 0.184. The predicted octanol–water partition coefficient (Wildman–Crippen LogP) is 5.98. The molecule has 7 heteroatoms. The van der Waals surface area contributed by atoms with E-state index >= 15 is 0 Å². The Labute approximate surface area is 269 Å². The van der Waals surface area contributed by atoms with Gasteiger partial charge in [0, 0.05) is 43.7 Å². The summed E-state index contributed by atoms with van der Waals surface area (Å²) < 4.78 is 11.1. The van der Waals surface area contributed by atoms with Crippen LogP contribution in [0.25, 0.3) is 0 Å². The Morgan fingerprint density at radius 3 is 1.29 bits per heavy atom. The number of hydrogen-bond donors (Lipinski definition) is 1. The lowest BCUT2D eigenvalue weighted by atomic mass is 9.78. The van der Waals surface area contributed by atoms with Crippen molar-refractivity contribution in [3.05, 3.63) is 109 Å². The number of benzene rings is 2. The first-order valence-electron chi connectivity index (χ1n) is 16.3. The van der Waals surface area contributed by atoms with E-state index in [2.05, 4.69) is 29.5 Å². The maximum Gasteiger partial charge on any atom is 0.183 e. The third-order valence-corrected chi connectivity index (χ3v) is 9.90. The van der Waals surface area contributed by atoms with E-state index < -0.39 is 16.7 Å². The van der Waals surface area contributed by atoms with Crippen LogP contribution < -0.4 is 0 Å². The molecule has 1 N–H and O–H groups in total. The average molecular weight is 615 g/mol. The van der Waals surface area contributed by atoms with Crippen LogP contribution in [0.5, 0.6) is 0 Å². The van der Waals surface area contributed by atoms with Gasteiger partial charge in [-0.05, 0) is 36.8 Å². The summed E-state index contributed by atoms with van der Waals surface area (Å²) in [6.45, 7) is 21.1. The van der Waals surface area contributed by atoms with Gasteiger partial charge < -0.3 is 14.6 Å². The van der Waals surface area contributed by atoms with Gasteiger partial charge in [-0.25, -0.2) is 0 Å². The average Bonchev–Trinajstić information content (AvgIpc) is 3.10. The van der Waals surface area contributed by atoms with Crippen molar-refractivity contribution in [3.8, 4) is 0 Å². The predicted molar refractivity (Wildman–Crippen MR) is 180 cm³/mol. The number of hydrogen-bond acceptors (Lipinski definition) is 7. The van der Waals surface area contributed by atoms with E-state index in [0.717, 1.165) is 0 Å². The first kappa shape index (κ1) is 34.7. The summed E-state index contributed by atoms with van der Waals surface area (Å²) >= 11 is 0. The zero-order chi connectivity index (χ0) is 32.5. The van der Waals surface area contributed by atoms with Crippen molar-refractivity contribution in [2.24, 2.45) is 0 Å². The summed E-state index contributed by atoms with van der Waals surface area (Å²) in [5, 5.41) is 12.1. The highest BCUT2D eigenvalue weighted by Crippen LogP contribution is 2.37. The number of morpholine rings is 2. The molecule has 2 heterocycles. The maximum atomic E-state index is 14.1. The van der Waals surface area contributed by atoms with Crippen LogP contribution in [-0.2, 0) is 15.1 Å². The van der Waals surface area contributed by atoms with Crippen LogP contribution in [-0.4, -0.2) is 90.2 Å². The van der Waals surface area contributed by atoms with E-state index in [1.54, 1.807) is 6.08 Å². The lowest BCUT2D eigenvalue weighted by molar-refractivity contribution is -0.0156. The minimum absolute atomic E-state index is 0.0488. The zero-order valence-electron chi connectivity index (χ0n) is 27.1. The van der Waals surface area contributed by atoms with Gasteiger partial charge in [-0.1, -0.05) is 80.6 Å². The van der Waals surface area contributed by atoms with Crippen LogP contribution in [0.1, 0.15) is 77.8 Å². The number of rotatable bonds is 16. The van der Waals surface area contributed by atoms with E-state index in [4.69, 9.17) is 9.47 Å². The van der Waals surface area contributed by atoms with Gasteiger partial charge in [0.2, 0.25) is 0 Å². The van der Waals surface area contributed by atoms with Crippen LogP contribution in [0, 0.1) is 0 Å². The van der Waals surface area contributed by atoms with Gasteiger partial charge in [0.25, 0.3) is 0 Å². The lowest BCUT2D eigenvalue weighted by Gasteiger charge is -2.44. The van der Waals surface area contributed by atoms with E-state index in [0.29, 0.717) is 101 Å². The van der Waals surface area contributed by atoms with Crippen molar-refractivity contribution < 1.29 is 24.2 Å². The molecular weight excluding hydrogens is 564 g/mol. The zero-order valence-corrected chi connectivity index (χ0v) is 27.1. The molecule has 0 bridgehead atoms. The van der Waals surface area contributed by atoms with Crippen molar-refractivity contribution in [2.75, 3.05) is 52.6 Å². The number of nitrogens with zero attached hydrogens (tertiary/aromatic N) is 2. The summed E-state index contributed by atoms with van der Waals surface area (Å²) in [5.41, 5.74) is -0.267. The molecule has 45 heavy (non-hydrogen) atoms. The normalized spacial score (nSPS) is 20.2.